The molecule has 4 atom stereocenters. The molecular weight excluding hydrogens is 140 g/mol. The van der Waals surface area contributed by atoms with Crippen LogP contribution in [0.1, 0.15) is 19.3 Å². The Balaban J connectivity index is 2.02. The summed E-state index contributed by atoms with van der Waals surface area (Å²) in [6.45, 7) is 0.859. The van der Waals surface area contributed by atoms with E-state index in [4.69, 9.17) is 4.74 Å². The molecule has 2 heteroatoms. The molecule has 0 N–H and O–H groups in total. The molecule has 4 fully saturated rings. The van der Waals surface area contributed by atoms with Crippen LogP contribution in [0.3, 0.4) is 0 Å². The first-order valence-electron chi connectivity index (χ1n) is 4.51. The van der Waals surface area contributed by atoms with Crippen molar-refractivity contribution in [3.63, 3.8) is 0 Å². The van der Waals surface area contributed by atoms with Crippen LogP contribution in [0.25, 0.3) is 0 Å². The number of fused-ring (bicyclic) bond motifs is 1. The van der Waals surface area contributed by atoms with Gasteiger partial charge in [0.2, 0.25) is 0 Å². The fourth-order valence-electron chi connectivity index (χ4n) is 3.01. The van der Waals surface area contributed by atoms with Crippen LogP contribution in [-0.2, 0) is 9.53 Å². The molecule has 1 heterocycles. The van der Waals surface area contributed by atoms with Crippen molar-refractivity contribution in [3.05, 3.63) is 0 Å². The first kappa shape index (κ1) is 6.18. The maximum Gasteiger partial charge on any atom is 0.164 e. The van der Waals surface area contributed by atoms with Gasteiger partial charge in [0, 0.05) is 5.92 Å². The highest BCUT2D eigenvalue weighted by atomic mass is 16.5. The fraction of sp³-hybridized carbons (Fsp3) is 0.889. The minimum atomic E-state index is 0.0208. The topological polar surface area (TPSA) is 26.3 Å². The van der Waals surface area contributed by atoms with Gasteiger partial charge in [-0.25, -0.2) is 0 Å². The van der Waals surface area contributed by atoms with Crippen molar-refractivity contribution in [2.75, 3.05) is 6.61 Å². The third kappa shape index (κ3) is 0.639. The standard InChI is InChI=1S/C9H12O2/c10-8-5-1-2-7-6(3-5)4-11-9(7)8/h5-7,9H,1-4H2. The molecule has 4 aliphatic rings. The third-order valence-electron chi connectivity index (χ3n) is 3.60. The summed E-state index contributed by atoms with van der Waals surface area (Å²) < 4.78 is 5.47. The number of Topliss-reactive ketones (excluding diaryl/α,β-unsaturated/α-hetero) is 1. The van der Waals surface area contributed by atoms with Crippen LogP contribution in [0, 0.1) is 17.8 Å². The van der Waals surface area contributed by atoms with Crippen LogP contribution in [-0.4, -0.2) is 18.5 Å². The van der Waals surface area contributed by atoms with Crippen molar-refractivity contribution in [2.24, 2.45) is 17.8 Å². The van der Waals surface area contributed by atoms with E-state index >= 15 is 0 Å². The van der Waals surface area contributed by atoms with E-state index in [1.165, 1.54) is 6.42 Å². The SMILES string of the molecule is O=C1C2CCC3C(COC13)C2. The molecule has 60 valence electrons. The summed E-state index contributed by atoms with van der Waals surface area (Å²) in [5, 5.41) is 0. The lowest BCUT2D eigenvalue weighted by molar-refractivity contribution is -0.139. The zero-order valence-corrected chi connectivity index (χ0v) is 6.45. The molecule has 0 amide bonds. The van der Waals surface area contributed by atoms with Crippen molar-refractivity contribution in [1.82, 2.24) is 0 Å². The van der Waals surface area contributed by atoms with E-state index in [1.54, 1.807) is 0 Å². The summed E-state index contributed by atoms with van der Waals surface area (Å²) in [5.74, 6) is 2.12. The zero-order valence-electron chi connectivity index (χ0n) is 6.45. The van der Waals surface area contributed by atoms with Gasteiger partial charge in [-0.2, -0.15) is 0 Å². The van der Waals surface area contributed by atoms with Crippen molar-refractivity contribution in [3.8, 4) is 0 Å². The highest BCUT2D eigenvalue weighted by molar-refractivity contribution is 5.87. The maximum atomic E-state index is 11.5. The number of ether oxygens (including phenoxy) is 1. The monoisotopic (exact) mass is 152 g/mol. The Bertz CT molecular complexity index is 212. The molecule has 4 unspecified atom stereocenters. The molecule has 3 aliphatic carbocycles. The fourth-order valence-corrected chi connectivity index (χ4v) is 3.01. The summed E-state index contributed by atoms with van der Waals surface area (Å²) in [7, 11) is 0. The largest absolute Gasteiger partial charge is 0.370 e. The molecule has 0 aromatic rings. The molecular formula is C9H12O2. The molecule has 0 aromatic heterocycles. The van der Waals surface area contributed by atoms with E-state index in [9.17, 15) is 4.79 Å². The Morgan fingerprint density at radius 1 is 1.36 bits per heavy atom. The first-order chi connectivity index (χ1) is 5.36. The van der Waals surface area contributed by atoms with Gasteiger partial charge < -0.3 is 4.74 Å². The quantitative estimate of drug-likeness (QED) is 0.517. The minimum Gasteiger partial charge on any atom is -0.370 e. The van der Waals surface area contributed by atoms with Crippen molar-refractivity contribution >= 4 is 5.78 Å². The second-order valence-corrected chi connectivity index (χ2v) is 4.09. The lowest BCUT2D eigenvalue weighted by atomic mass is 9.64. The lowest BCUT2D eigenvalue weighted by Crippen LogP contribution is -2.44. The molecule has 0 spiro atoms. The van der Waals surface area contributed by atoms with Crippen LogP contribution < -0.4 is 0 Å². The number of carbonyl (C=O) groups is 1. The molecule has 4 bridgehead atoms. The Morgan fingerprint density at radius 2 is 2.27 bits per heavy atom. The maximum absolute atomic E-state index is 11.5. The summed E-state index contributed by atoms with van der Waals surface area (Å²) in [4.78, 5) is 11.5. The molecule has 1 saturated heterocycles. The number of hydrogen-bond donors (Lipinski definition) is 0. The number of carbonyl (C=O) groups excluding carboxylic acids is 1. The van der Waals surface area contributed by atoms with Gasteiger partial charge in [0.25, 0.3) is 0 Å². The molecule has 3 saturated carbocycles. The predicted molar refractivity (Wildman–Crippen MR) is 39.1 cm³/mol. The highest BCUT2D eigenvalue weighted by Crippen LogP contribution is 2.48. The smallest absolute Gasteiger partial charge is 0.164 e. The Kier molecular flexibility index (Phi) is 1.05. The van der Waals surface area contributed by atoms with Crippen molar-refractivity contribution in [1.29, 1.82) is 0 Å². The molecule has 11 heavy (non-hydrogen) atoms. The van der Waals surface area contributed by atoms with Crippen LogP contribution >= 0.6 is 0 Å². The summed E-state index contributed by atoms with van der Waals surface area (Å²) in [6.07, 6.45) is 3.53. The highest BCUT2D eigenvalue weighted by Gasteiger charge is 2.52. The normalized spacial score (nSPS) is 53.6. The van der Waals surface area contributed by atoms with E-state index in [-0.39, 0.29) is 6.10 Å². The van der Waals surface area contributed by atoms with E-state index in [0.29, 0.717) is 17.6 Å². The Morgan fingerprint density at radius 3 is 3.09 bits per heavy atom. The first-order valence-corrected chi connectivity index (χ1v) is 4.51. The van der Waals surface area contributed by atoms with Crippen molar-refractivity contribution < 1.29 is 9.53 Å². The molecule has 0 radical (unpaired) electrons. The van der Waals surface area contributed by atoms with Gasteiger partial charge in [-0.3, -0.25) is 4.79 Å². The second kappa shape index (κ2) is 1.86. The van der Waals surface area contributed by atoms with Gasteiger partial charge in [-0.15, -0.1) is 0 Å². The van der Waals surface area contributed by atoms with Gasteiger partial charge in [0.1, 0.15) is 6.10 Å². The molecule has 4 rings (SSSR count). The number of hydrogen-bond acceptors (Lipinski definition) is 2. The van der Waals surface area contributed by atoms with E-state index < -0.39 is 0 Å². The predicted octanol–water partition coefficient (Wildman–Crippen LogP) is 1.00. The molecule has 0 aromatic carbocycles. The summed E-state index contributed by atoms with van der Waals surface area (Å²) in [6, 6.07) is 0. The number of ketones is 1. The number of rotatable bonds is 0. The van der Waals surface area contributed by atoms with E-state index in [0.717, 1.165) is 25.4 Å². The average Bonchev–Trinajstić information content (AvgIpc) is 2.39. The second-order valence-electron chi connectivity index (χ2n) is 4.09. The van der Waals surface area contributed by atoms with Gasteiger partial charge in [0.05, 0.1) is 6.61 Å². The summed E-state index contributed by atoms with van der Waals surface area (Å²) in [5.41, 5.74) is 0. The molecule has 1 aliphatic heterocycles. The third-order valence-corrected chi connectivity index (χ3v) is 3.60. The van der Waals surface area contributed by atoms with Crippen molar-refractivity contribution in [2.45, 2.75) is 25.4 Å². The van der Waals surface area contributed by atoms with Gasteiger partial charge in [-0.1, -0.05) is 0 Å². The molecule has 2 nitrogen and oxygen atoms in total. The van der Waals surface area contributed by atoms with Gasteiger partial charge in [0.15, 0.2) is 5.78 Å². The van der Waals surface area contributed by atoms with Crippen LogP contribution in [0.5, 0.6) is 0 Å². The van der Waals surface area contributed by atoms with Crippen LogP contribution in [0.2, 0.25) is 0 Å². The van der Waals surface area contributed by atoms with Gasteiger partial charge >= 0.3 is 0 Å². The van der Waals surface area contributed by atoms with Crippen LogP contribution in [0.4, 0.5) is 0 Å². The van der Waals surface area contributed by atoms with E-state index in [1.807, 2.05) is 0 Å². The Labute approximate surface area is 65.9 Å². The van der Waals surface area contributed by atoms with Gasteiger partial charge in [-0.05, 0) is 31.1 Å². The zero-order chi connectivity index (χ0) is 7.42. The summed E-state index contributed by atoms with van der Waals surface area (Å²) >= 11 is 0. The average molecular weight is 152 g/mol. The Hall–Kier alpha value is -0.370. The minimum absolute atomic E-state index is 0.0208. The lowest BCUT2D eigenvalue weighted by Gasteiger charge is -2.38. The van der Waals surface area contributed by atoms with Crippen LogP contribution in [0.15, 0.2) is 0 Å². The van der Waals surface area contributed by atoms with E-state index in [2.05, 4.69) is 0 Å².